The lowest BCUT2D eigenvalue weighted by atomic mass is 10.3. The Morgan fingerprint density at radius 2 is 1.93 bits per heavy atom. The van der Waals surface area contributed by atoms with Gasteiger partial charge in [-0.3, -0.25) is 0 Å². The highest BCUT2D eigenvalue weighted by Gasteiger charge is 2.08. The van der Waals surface area contributed by atoms with E-state index in [1.165, 1.54) is 12.1 Å². The molecule has 2 aromatic heterocycles. The van der Waals surface area contributed by atoms with Crippen molar-refractivity contribution in [3.05, 3.63) is 66.4 Å². The molecule has 0 spiro atoms. The second-order valence-electron chi connectivity index (χ2n) is 5.85. The van der Waals surface area contributed by atoms with Crippen molar-refractivity contribution >= 4 is 23.1 Å². The van der Waals surface area contributed by atoms with Crippen LogP contribution in [0.2, 0.25) is 0 Å². The molecule has 0 radical (unpaired) electrons. The van der Waals surface area contributed by atoms with E-state index in [-0.39, 0.29) is 24.1 Å². The normalized spacial score (nSPS) is 10.5. The number of tetrazole rings is 1. The molecule has 0 unspecified atom stereocenters. The van der Waals surface area contributed by atoms with Crippen molar-refractivity contribution in [2.24, 2.45) is 0 Å². The predicted octanol–water partition coefficient (Wildman–Crippen LogP) is 2.90. The molecule has 4 N–H and O–H groups in total. The monoisotopic (exact) mass is 394 g/mol. The second kappa shape index (κ2) is 8.17. The summed E-state index contributed by atoms with van der Waals surface area (Å²) in [5.74, 6) is 0.760. The summed E-state index contributed by atoms with van der Waals surface area (Å²) >= 11 is 0. The van der Waals surface area contributed by atoms with Crippen molar-refractivity contribution in [3.63, 3.8) is 0 Å². The van der Waals surface area contributed by atoms with E-state index >= 15 is 0 Å². The van der Waals surface area contributed by atoms with E-state index in [4.69, 9.17) is 4.74 Å². The van der Waals surface area contributed by atoms with Gasteiger partial charge in [0, 0.05) is 17.4 Å². The topological polar surface area (TPSA) is 134 Å². The number of phenolic OH excluding ortho intramolecular Hbond substituents is 1. The second-order valence-corrected chi connectivity index (χ2v) is 5.85. The molecule has 29 heavy (non-hydrogen) atoms. The maximum Gasteiger partial charge on any atom is 0.229 e. The Bertz CT molecular complexity index is 1090. The molecule has 0 bridgehead atoms. The summed E-state index contributed by atoms with van der Waals surface area (Å²) in [6, 6.07) is 13.3. The van der Waals surface area contributed by atoms with Crippen LogP contribution >= 0.6 is 0 Å². The van der Waals surface area contributed by atoms with E-state index in [2.05, 4.69) is 41.2 Å². The highest BCUT2D eigenvalue weighted by atomic mass is 19.1. The van der Waals surface area contributed by atoms with Crippen LogP contribution in [0.4, 0.5) is 27.5 Å². The lowest BCUT2D eigenvalue weighted by Crippen LogP contribution is -2.03. The molecular formula is C18H15FN8O2. The highest BCUT2D eigenvalue weighted by Crippen LogP contribution is 2.23. The molecular weight excluding hydrogens is 379 g/mol. The Morgan fingerprint density at radius 3 is 2.69 bits per heavy atom. The Balaban J connectivity index is 1.42. The Morgan fingerprint density at radius 1 is 1.07 bits per heavy atom. The van der Waals surface area contributed by atoms with Crippen molar-refractivity contribution < 1.29 is 14.2 Å². The molecule has 0 saturated heterocycles. The van der Waals surface area contributed by atoms with Crippen molar-refractivity contribution in [1.29, 1.82) is 0 Å². The molecule has 11 heteroatoms. The first kappa shape index (κ1) is 18.1. The van der Waals surface area contributed by atoms with E-state index < -0.39 is 5.82 Å². The zero-order valence-corrected chi connectivity index (χ0v) is 14.9. The van der Waals surface area contributed by atoms with Gasteiger partial charge in [0.1, 0.15) is 18.1 Å². The lowest BCUT2D eigenvalue weighted by Gasteiger charge is -2.10. The minimum atomic E-state index is -0.621. The van der Waals surface area contributed by atoms with Crippen LogP contribution < -0.4 is 15.4 Å². The van der Waals surface area contributed by atoms with Gasteiger partial charge >= 0.3 is 0 Å². The quantitative estimate of drug-likeness (QED) is 0.373. The number of halogens is 1. The molecule has 0 saturated carbocycles. The summed E-state index contributed by atoms with van der Waals surface area (Å²) in [6.45, 7) is 0.213. The zero-order valence-electron chi connectivity index (χ0n) is 14.9. The lowest BCUT2D eigenvalue weighted by molar-refractivity contribution is 0.296. The number of aromatic hydroxyl groups is 1. The number of phenols is 1. The average molecular weight is 394 g/mol. The molecule has 0 amide bonds. The minimum Gasteiger partial charge on any atom is -0.508 e. The van der Waals surface area contributed by atoms with E-state index in [9.17, 15) is 9.50 Å². The van der Waals surface area contributed by atoms with Gasteiger partial charge in [0.15, 0.2) is 17.5 Å². The fourth-order valence-electron chi connectivity index (χ4n) is 2.39. The smallest absolute Gasteiger partial charge is 0.229 e. The van der Waals surface area contributed by atoms with Crippen LogP contribution in [0, 0.1) is 5.82 Å². The fourth-order valence-corrected chi connectivity index (χ4v) is 2.39. The third kappa shape index (κ3) is 4.71. The number of ether oxygens (including phenoxy) is 1. The maximum atomic E-state index is 14.0. The number of aromatic nitrogens is 6. The van der Waals surface area contributed by atoms with Crippen LogP contribution in [-0.4, -0.2) is 35.7 Å². The van der Waals surface area contributed by atoms with Crippen LogP contribution in [-0.2, 0) is 6.61 Å². The van der Waals surface area contributed by atoms with Crippen molar-refractivity contribution in [2.45, 2.75) is 6.61 Å². The number of benzene rings is 2. The number of hydrogen-bond donors (Lipinski definition) is 4. The summed E-state index contributed by atoms with van der Waals surface area (Å²) in [6.07, 6.45) is 1.06. The zero-order chi connectivity index (χ0) is 20.1. The SMILES string of the molecule is Oc1cccc(Nc2nc(Nc3ccc(OCc4nnn[nH]4)cc3)ncc2F)c1. The van der Waals surface area contributed by atoms with E-state index in [1.807, 2.05) is 0 Å². The first-order valence-corrected chi connectivity index (χ1v) is 8.47. The number of hydrogen-bond acceptors (Lipinski definition) is 9. The fraction of sp³-hybridized carbons (Fsp3) is 0.0556. The average Bonchev–Trinajstić information content (AvgIpc) is 3.24. The standard InChI is InChI=1S/C18H15FN8O2/c19-15-9-20-18(23-17(15)21-12-2-1-3-13(28)8-12)22-11-4-6-14(7-5-11)29-10-16-24-26-27-25-16/h1-9,28H,10H2,(H2,20,21,22,23)(H,24,25,26,27). The number of nitrogens with zero attached hydrogens (tertiary/aromatic N) is 5. The number of H-pyrrole nitrogens is 1. The minimum absolute atomic E-state index is 0.0197. The number of rotatable bonds is 7. The van der Waals surface area contributed by atoms with Gasteiger partial charge in [0.2, 0.25) is 5.95 Å². The number of anilines is 4. The number of nitrogens with one attached hydrogen (secondary N) is 3. The number of aromatic amines is 1. The molecule has 2 aromatic carbocycles. The van der Waals surface area contributed by atoms with Crippen molar-refractivity contribution in [2.75, 3.05) is 10.6 Å². The van der Waals surface area contributed by atoms with Gasteiger partial charge in [-0.15, -0.1) is 5.10 Å². The van der Waals surface area contributed by atoms with Gasteiger partial charge in [-0.1, -0.05) is 6.07 Å². The van der Waals surface area contributed by atoms with Gasteiger partial charge in [-0.25, -0.2) is 14.5 Å². The first-order valence-electron chi connectivity index (χ1n) is 8.47. The molecule has 0 fully saturated rings. The predicted molar refractivity (Wildman–Crippen MR) is 102 cm³/mol. The van der Waals surface area contributed by atoms with Gasteiger partial charge < -0.3 is 20.5 Å². The molecule has 146 valence electrons. The Hall–Kier alpha value is -4.28. The molecule has 0 aliphatic heterocycles. The van der Waals surface area contributed by atoms with Gasteiger partial charge in [-0.05, 0) is 46.8 Å². The molecule has 4 aromatic rings. The first-order chi connectivity index (χ1) is 14.2. The van der Waals surface area contributed by atoms with Gasteiger partial charge in [0.25, 0.3) is 0 Å². The Kier molecular flexibility index (Phi) is 5.10. The molecule has 2 heterocycles. The molecule has 0 aliphatic carbocycles. The summed E-state index contributed by atoms with van der Waals surface area (Å²) < 4.78 is 19.6. The highest BCUT2D eigenvalue weighted by molar-refractivity contribution is 5.61. The van der Waals surface area contributed by atoms with Crippen LogP contribution in [0.3, 0.4) is 0 Å². The molecule has 4 rings (SSSR count). The van der Waals surface area contributed by atoms with Gasteiger partial charge in [-0.2, -0.15) is 4.98 Å². The van der Waals surface area contributed by atoms with Crippen molar-refractivity contribution in [1.82, 2.24) is 30.6 Å². The third-order valence-corrected chi connectivity index (χ3v) is 3.73. The summed E-state index contributed by atoms with van der Waals surface area (Å²) in [4.78, 5) is 8.08. The van der Waals surface area contributed by atoms with Crippen LogP contribution in [0.5, 0.6) is 11.5 Å². The maximum absolute atomic E-state index is 14.0. The summed E-state index contributed by atoms with van der Waals surface area (Å²) in [5.41, 5.74) is 1.19. The van der Waals surface area contributed by atoms with E-state index in [1.54, 1.807) is 36.4 Å². The molecule has 0 atom stereocenters. The summed E-state index contributed by atoms with van der Waals surface area (Å²) in [7, 11) is 0. The van der Waals surface area contributed by atoms with E-state index in [0.717, 1.165) is 6.20 Å². The molecule has 10 nitrogen and oxygen atoms in total. The summed E-state index contributed by atoms with van der Waals surface area (Å²) in [5, 5.41) is 28.6. The van der Waals surface area contributed by atoms with E-state index in [0.29, 0.717) is 22.9 Å². The Labute approximate surface area is 163 Å². The van der Waals surface area contributed by atoms with Crippen LogP contribution in [0.25, 0.3) is 0 Å². The largest absolute Gasteiger partial charge is 0.508 e. The molecule has 0 aliphatic rings. The van der Waals surface area contributed by atoms with Gasteiger partial charge in [0.05, 0.1) is 6.20 Å². The van der Waals surface area contributed by atoms with Crippen LogP contribution in [0.1, 0.15) is 5.82 Å². The van der Waals surface area contributed by atoms with Crippen LogP contribution in [0.15, 0.2) is 54.7 Å². The van der Waals surface area contributed by atoms with Crippen molar-refractivity contribution in [3.8, 4) is 11.5 Å². The third-order valence-electron chi connectivity index (χ3n) is 3.73.